The third-order valence-corrected chi connectivity index (χ3v) is 8.30. The maximum absolute atomic E-state index is 13.7. The van der Waals surface area contributed by atoms with Crippen LogP contribution in [0.2, 0.25) is 0 Å². The molecule has 0 aromatic heterocycles. The van der Waals surface area contributed by atoms with E-state index in [0.717, 1.165) is 24.6 Å². The van der Waals surface area contributed by atoms with Gasteiger partial charge in [-0.3, -0.25) is 19.4 Å². The molecule has 1 fully saturated rings. The SMILES string of the molecule is C=C/C=C\N=C(CC(F)(F)F)C(=O)N(C)CCCC(CCCC)C(=O)N1CCC(C#N)(c2ccccc2OCCCCC(=O)O)CC1. The van der Waals surface area contributed by atoms with E-state index in [1.165, 1.54) is 24.1 Å². The number of aliphatic carboxylic acids is 1. The number of benzene rings is 1. The van der Waals surface area contributed by atoms with Gasteiger partial charge >= 0.3 is 12.1 Å². The van der Waals surface area contributed by atoms with Crippen molar-refractivity contribution in [2.75, 3.05) is 33.3 Å². The van der Waals surface area contributed by atoms with E-state index in [9.17, 15) is 32.8 Å². The molecule has 258 valence electrons. The number of carboxylic acids is 1. The van der Waals surface area contributed by atoms with Gasteiger partial charge in [-0.05, 0) is 57.1 Å². The van der Waals surface area contributed by atoms with Crippen molar-refractivity contribution in [3.8, 4) is 11.8 Å². The number of piperidine rings is 1. The summed E-state index contributed by atoms with van der Waals surface area (Å²) in [5.74, 6) is -1.42. The van der Waals surface area contributed by atoms with Crippen LogP contribution < -0.4 is 4.74 Å². The molecular weight excluding hydrogens is 613 g/mol. The van der Waals surface area contributed by atoms with Crippen LogP contribution >= 0.6 is 0 Å². The maximum atomic E-state index is 13.7. The highest BCUT2D eigenvalue weighted by molar-refractivity contribution is 6.39. The fourth-order valence-electron chi connectivity index (χ4n) is 5.66. The molecular formula is C35H47F3N4O5. The summed E-state index contributed by atoms with van der Waals surface area (Å²) >= 11 is 0. The highest BCUT2D eigenvalue weighted by Gasteiger charge is 2.40. The summed E-state index contributed by atoms with van der Waals surface area (Å²) < 4.78 is 45.2. The Morgan fingerprint density at radius 2 is 1.85 bits per heavy atom. The second-order valence-electron chi connectivity index (χ2n) is 11.9. The highest BCUT2D eigenvalue weighted by Crippen LogP contribution is 2.40. The number of halogens is 3. The van der Waals surface area contributed by atoms with Gasteiger partial charge in [-0.1, -0.05) is 50.6 Å². The van der Waals surface area contributed by atoms with Crippen LogP contribution in [0.5, 0.6) is 5.75 Å². The predicted octanol–water partition coefficient (Wildman–Crippen LogP) is 6.84. The summed E-state index contributed by atoms with van der Waals surface area (Å²) in [5.41, 5.74) is -0.694. The molecule has 0 saturated carbocycles. The number of likely N-dealkylation sites (tertiary alicyclic amines) is 1. The number of ether oxygens (including phenoxy) is 1. The van der Waals surface area contributed by atoms with Crippen LogP contribution in [-0.4, -0.2) is 77.9 Å². The maximum Gasteiger partial charge on any atom is 0.394 e. The van der Waals surface area contributed by atoms with Gasteiger partial charge in [0.1, 0.15) is 11.5 Å². The second-order valence-corrected chi connectivity index (χ2v) is 11.9. The number of allylic oxidation sites excluding steroid dienone is 2. The molecule has 1 saturated heterocycles. The van der Waals surface area contributed by atoms with Gasteiger partial charge in [0.2, 0.25) is 5.91 Å². The topological polar surface area (TPSA) is 123 Å². The molecule has 47 heavy (non-hydrogen) atoms. The minimum absolute atomic E-state index is 0.0178. The van der Waals surface area contributed by atoms with Crippen LogP contribution in [0.3, 0.4) is 0 Å². The summed E-state index contributed by atoms with van der Waals surface area (Å²) in [4.78, 5) is 44.0. The normalized spacial score (nSPS) is 15.6. The number of hydrogen-bond donors (Lipinski definition) is 1. The zero-order valence-corrected chi connectivity index (χ0v) is 27.4. The van der Waals surface area contributed by atoms with E-state index < -0.39 is 35.6 Å². The number of alkyl halides is 3. The molecule has 9 nitrogen and oxygen atoms in total. The van der Waals surface area contributed by atoms with Crippen molar-refractivity contribution in [2.45, 2.75) is 89.1 Å². The number of hydrogen-bond acceptors (Lipinski definition) is 6. The van der Waals surface area contributed by atoms with Crippen LogP contribution in [0.15, 0.2) is 54.2 Å². The minimum Gasteiger partial charge on any atom is -0.493 e. The van der Waals surface area contributed by atoms with E-state index in [0.29, 0.717) is 70.4 Å². The first-order valence-electron chi connectivity index (χ1n) is 16.2. The van der Waals surface area contributed by atoms with Gasteiger partial charge in [0.05, 0.1) is 24.5 Å². The van der Waals surface area contributed by atoms with Gasteiger partial charge in [-0.15, -0.1) is 0 Å². The Hall–Kier alpha value is -4.14. The van der Waals surface area contributed by atoms with Crippen LogP contribution in [-0.2, 0) is 19.8 Å². The van der Waals surface area contributed by atoms with Gasteiger partial charge in [-0.2, -0.15) is 18.4 Å². The Morgan fingerprint density at radius 1 is 1.17 bits per heavy atom. The Bertz CT molecular complexity index is 1300. The average molecular weight is 661 g/mol. The first-order chi connectivity index (χ1) is 22.4. The predicted molar refractivity (Wildman–Crippen MR) is 174 cm³/mol. The molecule has 0 spiro atoms. The van der Waals surface area contributed by atoms with E-state index in [2.05, 4.69) is 17.6 Å². The van der Waals surface area contributed by atoms with Gasteiger partial charge in [0.15, 0.2) is 0 Å². The number of unbranched alkanes of at least 4 members (excludes halogenated alkanes) is 2. The molecule has 1 atom stereocenters. The number of amides is 2. The Labute approximate surface area is 275 Å². The molecule has 1 aliphatic rings. The number of nitrogens with zero attached hydrogens (tertiary/aromatic N) is 4. The molecule has 1 aliphatic heterocycles. The third kappa shape index (κ3) is 12.9. The monoisotopic (exact) mass is 660 g/mol. The zero-order chi connectivity index (χ0) is 34.9. The fraction of sp³-hybridized carbons (Fsp3) is 0.571. The minimum atomic E-state index is -4.59. The molecule has 2 amide bonds. The van der Waals surface area contributed by atoms with Crippen molar-refractivity contribution in [3.05, 3.63) is 54.8 Å². The van der Waals surface area contributed by atoms with Crippen LogP contribution in [0.4, 0.5) is 13.2 Å². The Morgan fingerprint density at radius 3 is 2.47 bits per heavy atom. The van der Waals surface area contributed by atoms with Crippen molar-refractivity contribution in [1.82, 2.24) is 9.80 Å². The molecule has 0 aliphatic carbocycles. The number of carbonyl (C=O) groups excluding carboxylic acids is 2. The van der Waals surface area contributed by atoms with E-state index in [1.807, 2.05) is 31.2 Å². The number of aliphatic imine (C=N–C) groups is 1. The molecule has 1 aromatic rings. The van der Waals surface area contributed by atoms with Crippen molar-refractivity contribution in [2.24, 2.45) is 10.9 Å². The smallest absolute Gasteiger partial charge is 0.394 e. The molecule has 0 radical (unpaired) electrons. The quantitative estimate of drug-likeness (QED) is 0.0985. The molecule has 1 aromatic carbocycles. The lowest BCUT2D eigenvalue weighted by Crippen LogP contribution is -2.47. The Kier molecular flexibility index (Phi) is 16.2. The first-order valence-corrected chi connectivity index (χ1v) is 16.2. The number of carboxylic acid groups (broad SMARTS) is 1. The molecule has 2 rings (SSSR count). The average Bonchev–Trinajstić information content (AvgIpc) is 3.04. The van der Waals surface area contributed by atoms with Crippen LogP contribution in [0.25, 0.3) is 0 Å². The van der Waals surface area contributed by atoms with Crippen molar-refractivity contribution in [1.29, 1.82) is 5.26 Å². The largest absolute Gasteiger partial charge is 0.493 e. The number of para-hydroxylation sites is 1. The molecule has 0 bridgehead atoms. The molecule has 1 N–H and O–H groups in total. The highest BCUT2D eigenvalue weighted by atomic mass is 19.4. The summed E-state index contributed by atoms with van der Waals surface area (Å²) in [6.07, 6.45) is 3.01. The first kappa shape index (κ1) is 39.0. The van der Waals surface area contributed by atoms with Crippen LogP contribution in [0, 0.1) is 17.2 Å². The van der Waals surface area contributed by atoms with Crippen LogP contribution in [0.1, 0.15) is 83.1 Å². The van der Waals surface area contributed by atoms with Crippen molar-refractivity contribution >= 4 is 23.5 Å². The summed E-state index contributed by atoms with van der Waals surface area (Å²) in [7, 11) is 1.43. The van der Waals surface area contributed by atoms with Crippen molar-refractivity contribution in [3.63, 3.8) is 0 Å². The third-order valence-electron chi connectivity index (χ3n) is 8.30. The number of carbonyl (C=O) groups is 3. The number of rotatable bonds is 19. The number of nitriles is 1. The molecule has 12 heteroatoms. The van der Waals surface area contributed by atoms with Gasteiger partial charge in [-0.25, -0.2) is 0 Å². The molecule has 1 heterocycles. The lowest BCUT2D eigenvalue weighted by molar-refractivity contribution is -0.138. The van der Waals surface area contributed by atoms with E-state index in [1.54, 1.807) is 4.90 Å². The van der Waals surface area contributed by atoms with E-state index >= 15 is 0 Å². The fourth-order valence-corrected chi connectivity index (χ4v) is 5.66. The lowest BCUT2D eigenvalue weighted by atomic mass is 9.73. The van der Waals surface area contributed by atoms with E-state index in [4.69, 9.17) is 9.84 Å². The van der Waals surface area contributed by atoms with Gasteiger partial charge in [0.25, 0.3) is 5.91 Å². The summed E-state index contributed by atoms with van der Waals surface area (Å²) in [6, 6.07) is 9.84. The second kappa shape index (κ2) is 19.5. The molecule has 1 unspecified atom stereocenters. The summed E-state index contributed by atoms with van der Waals surface area (Å²) in [6.45, 7) is 6.75. The van der Waals surface area contributed by atoms with E-state index in [-0.39, 0.29) is 24.8 Å². The Balaban J connectivity index is 2.05. The van der Waals surface area contributed by atoms with Gasteiger partial charge < -0.3 is 19.6 Å². The summed E-state index contributed by atoms with van der Waals surface area (Å²) in [5, 5.41) is 19.2. The lowest BCUT2D eigenvalue weighted by Gasteiger charge is -2.39. The zero-order valence-electron chi connectivity index (χ0n) is 27.4. The standard InChI is InChI=1S/C35H47F3N4O5/c1-4-6-13-27(14-12-21-41(3)33(46)29(25-35(36,37)38)40-20-7-5-2)32(45)42-22-18-34(26-39,19-23-42)28-15-8-9-16-30(28)47-24-11-10-17-31(43)44/h5,7-9,15-16,20,27H,2,4,6,10-14,17-19,21-25H2,1,3H3,(H,43,44)/b20-7-,40-29?. The van der Waals surface area contributed by atoms with Gasteiger partial charge in [0, 0.05) is 50.8 Å². The van der Waals surface area contributed by atoms with Crippen molar-refractivity contribution < 1.29 is 37.4 Å².